The summed E-state index contributed by atoms with van der Waals surface area (Å²) in [6, 6.07) is 11.0. The van der Waals surface area contributed by atoms with Crippen molar-refractivity contribution in [3.8, 4) is 0 Å². The molecule has 4 rings (SSSR count). The minimum absolute atomic E-state index is 0.0370. The van der Waals surface area contributed by atoms with Crippen LogP contribution in [0.5, 0.6) is 0 Å². The summed E-state index contributed by atoms with van der Waals surface area (Å²) in [5, 5.41) is 3.92. The molecule has 31 heavy (non-hydrogen) atoms. The van der Waals surface area contributed by atoms with Gasteiger partial charge in [-0.1, -0.05) is 11.3 Å². The maximum Gasteiger partial charge on any atom is 0.220 e. The number of carbonyl (C=O) groups excluding carboxylic acids is 1. The summed E-state index contributed by atoms with van der Waals surface area (Å²) in [7, 11) is 0. The lowest BCUT2D eigenvalue weighted by Crippen LogP contribution is -2.48. The number of hydrogen-bond acceptors (Lipinski definition) is 6. The normalized spacial score (nSPS) is 14.8. The largest absolute Gasteiger partial charge is 0.355 e. The first kappa shape index (κ1) is 22.0. The van der Waals surface area contributed by atoms with Gasteiger partial charge in [0.1, 0.15) is 11.6 Å². The van der Waals surface area contributed by atoms with Gasteiger partial charge in [0, 0.05) is 56.3 Å². The average Bonchev–Trinajstić information content (AvgIpc) is 3.19. The highest BCUT2D eigenvalue weighted by atomic mass is 32.2. The fourth-order valence-electron chi connectivity index (χ4n) is 3.42. The Labute approximate surface area is 188 Å². The van der Waals surface area contributed by atoms with Crippen molar-refractivity contribution in [1.82, 2.24) is 15.2 Å². The van der Waals surface area contributed by atoms with Gasteiger partial charge in [0.2, 0.25) is 5.91 Å². The molecule has 5 nitrogen and oxygen atoms in total. The monoisotopic (exact) mass is 462 g/mol. The van der Waals surface area contributed by atoms with Crippen molar-refractivity contribution in [3.63, 3.8) is 0 Å². The van der Waals surface area contributed by atoms with E-state index in [0.717, 1.165) is 53.0 Å². The van der Waals surface area contributed by atoms with Crippen molar-refractivity contribution >= 4 is 44.4 Å². The van der Waals surface area contributed by atoms with Crippen LogP contribution < -0.4 is 10.2 Å². The van der Waals surface area contributed by atoms with Gasteiger partial charge in [0.25, 0.3) is 0 Å². The molecule has 1 amide bonds. The van der Waals surface area contributed by atoms with E-state index in [-0.39, 0.29) is 17.5 Å². The number of thiazole rings is 1. The highest BCUT2D eigenvalue weighted by Gasteiger charge is 2.19. The van der Waals surface area contributed by atoms with Crippen LogP contribution in [0.1, 0.15) is 6.42 Å². The Kier molecular flexibility index (Phi) is 7.37. The van der Waals surface area contributed by atoms with E-state index in [9.17, 15) is 13.6 Å². The molecule has 0 spiro atoms. The van der Waals surface area contributed by atoms with Gasteiger partial charge in [0.05, 0.1) is 10.2 Å². The van der Waals surface area contributed by atoms with Crippen molar-refractivity contribution in [1.29, 1.82) is 0 Å². The molecule has 0 radical (unpaired) electrons. The Morgan fingerprint density at radius 1 is 1.06 bits per heavy atom. The van der Waals surface area contributed by atoms with Gasteiger partial charge in [-0.15, -0.1) is 11.8 Å². The second-order valence-corrected chi connectivity index (χ2v) is 9.52. The zero-order valence-electron chi connectivity index (χ0n) is 17.0. The second-order valence-electron chi connectivity index (χ2n) is 7.34. The first-order valence-electron chi connectivity index (χ1n) is 10.3. The lowest BCUT2D eigenvalue weighted by molar-refractivity contribution is -0.120. The molecular formula is C22H24F2N4OS2. The Morgan fingerprint density at radius 2 is 1.81 bits per heavy atom. The number of fused-ring (bicyclic) bond motifs is 1. The number of carbonyl (C=O) groups is 1. The van der Waals surface area contributed by atoms with Gasteiger partial charge in [-0.2, -0.15) is 0 Å². The third-order valence-electron chi connectivity index (χ3n) is 5.14. The van der Waals surface area contributed by atoms with Gasteiger partial charge >= 0.3 is 0 Å². The highest BCUT2D eigenvalue weighted by molar-refractivity contribution is 7.99. The minimum Gasteiger partial charge on any atom is -0.355 e. The van der Waals surface area contributed by atoms with Gasteiger partial charge in [-0.25, -0.2) is 13.8 Å². The number of rotatable bonds is 8. The molecule has 0 aliphatic carbocycles. The fraction of sp³-hybridized carbons (Fsp3) is 0.364. The summed E-state index contributed by atoms with van der Waals surface area (Å²) < 4.78 is 27.2. The number of nitrogens with one attached hydrogen (secondary N) is 1. The number of aromatic nitrogens is 1. The van der Waals surface area contributed by atoms with Crippen LogP contribution in [0.25, 0.3) is 10.2 Å². The van der Waals surface area contributed by atoms with Crippen LogP contribution >= 0.6 is 23.1 Å². The summed E-state index contributed by atoms with van der Waals surface area (Å²) in [5.74, 6) is 0.222. The first-order chi connectivity index (χ1) is 15.1. The van der Waals surface area contributed by atoms with Gasteiger partial charge in [-0.3, -0.25) is 9.69 Å². The number of amides is 1. The maximum absolute atomic E-state index is 13.4. The molecule has 1 aromatic heterocycles. The minimum atomic E-state index is -0.251. The molecule has 3 aromatic rings. The molecule has 1 N–H and O–H groups in total. The molecule has 1 fully saturated rings. The average molecular weight is 463 g/mol. The van der Waals surface area contributed by atoms with Crippen LogP contribution in [0.2, 0.25) is 0 Å². The van der Waals surface area contributed by atoms with Gasteiger partial charge < -0.3 is 10.2 Å². The molecule has 2 aromatic carbocycles. The van der Waals surface area contributed by atoms with E-state index < -0.39 is 0 Å². The number of halogens is 2. The number of benzene rings is 2. The predicted octanol–water partition coefficient (Wildman–Crippen LogP) is 4.00. The molecule has 164 valence electrons. The number of thioether (sulfide) groups is 1. The molecule has 1 saturated heterocycles. The van der Waals surface area contributed by atoms with Crippen LogP contribution in [-0.2, 0) is 4.79 Å². The Balaban J connectivity index is 1.13. The number of nitrogens with zero attached hydrogens (tertiary/aromatic N) is 3. The molecule has 0 saturated carbocycles. The van der Waals surface area contributed by atoms with Crippen LogP contribution in [0, 0.1) is 11.6 Å². The lowest BCUT2D eigenvalue weighted by atomic mass is 10.3. The summed E-state index contributed by atoms with van der Waals surface area (Å²) in [6.45, 7) is 4.98. The van der Waals surface area contributed by atoms with E-state index in [2.05, 4.69) is 20.1 Å². The predicted molar refractivity (Wildman–Crippen MR) is 123 cm³/mol. The number of piperazine rings is 1. The van der Waals surface area contributed by atoms with Crippen molar-refractivity contribution in [2.24, 2.45) is 0 Å². The molecule has 0 bridgehead atoms. The van der Waals surface area contributed by atoms with Crippen LogP contribution in [0.15, 0.2) is 47.4 Å². The van der Waals surface area contributed by atoms with E-state index in [0.29, 0.717) is 18.7 Å². The molecule has 1 aliphatic heterocycles. The molecule has 0 unspecified atom stereocenters. The zero-order valence-corrected chi connectivity index (χ0v) is 18.7. The Bertz CT molecular complexity index is 1020. The standard InChI is InChI=1S/C22H24F2N4OS2/c23-16-1-4-18(5-2-16)30-14-7-21(29)25-8-9-27-10-12-28(13-11-27)22-26-19-6-3-17(24)15-20(19)31-22/h1-6,15H,7-14H2,(H,25,29). The lowest BCUT2D eigenvalue weighted by Gasteiger charge is -2.34. The molecule has 1 aliphatic rings. The molecular weight excluding hydrogens is 438 g/mol. The topological polar surface area (TPSA) is 48.5 Å². The van der Waals surface area contributed by atoms with Crippen LogP contribution in [-0.4, -0.2) is 60.8 Å². The zero-order chi connectivity index (χ0) is 21.6. The third kappa shape index (κ3) is 6.15. The third-order valence-corrected chi connectivity index (χ3v) is 7.24. The quantitative estimate of drug-likeness (QED) is 0.513. The van der Waals surface area contributed by atoms with Crippen LogP contribution in [0.4, 0.5) is 13.9 Å². The molecule has 0 atom stereocenters. The summed E-state index contributed by atoms with van der Waals surface area (Å²) in [4.78, 5) is 22.2. The van der Waals surface area contributed by atoms with E-state index in [1.165, 1.54) is 35.6 Å². The van der Waals surface area contributed by atoms with Gasteiger partial charge in [0.15, 0.2) is 5.13 Å². The van der Waals surface area contributed by atoms with E-state index in [1.807, 2.05) is 0 Å². The van der Waals surface area contributed by atoms with E-state index in [1.54, 1.807) is 30.0 Å². The smallest absolute Gasteiger partial charge is 0.220 e. The van der Waals surface area contributed by atoms with Crippen molar-refractivity contribution in [2.45, 2.75) is 11.3 Å². The summed E-state index contributed by atoms with van der Waals surface area (Å²) in [6.07, 6.45) is 0.439. The highest BCUT2D eigenvalue weighted by Crippen LogP contribution is 2.29. The van der Waals surface area contributed by atoms with Crippen molar-refractivity contribution in [2.75, 3.05) is 49.9 Å². The maximum atomic E-state index is 13.4. The number of anilines is 1. The van der Waals surface area contributed by atoms with E-state index >= 15 is 0 Å². The Morgan fingerprint density at radius 3 is 2.58 bits per heavy atom. The number of hydrogen-bond donors (Lipinski definition) is 1. The molecule has 2 heterocycles. The second kappa shape index (κ2) is 10.4. The van der Waals surface area contributed by atoms with Crippen molar-refractivity contribution in [3.05, 3.63) is 54.1 Å². The van der Waals surface area contributed by atoms with Crippen molar-refractivity contribution < 1.29 is 13.6 Å². The molecule has 9 heteroatoms. The Hall–Kier alpha value is -2.23. The fourth-order valence-corrected chi connectivity index (χ4v) is 5.31. The van der Waals surface area contributed by atoms with E-state index in [4.69, 9.17) is 0 Å². The SMILES string of the molecule is O=C(CCSc1ccc(F)cc1)NCCN1CCN(c2nc3ccc(F)cc3s2)CC1. The van der Waals surface area contributed by atoms with Crippen LogP contribution in [0.3, 0.4) is 0 Å². The van der Waals surface area contributed by atoms with Gasteiger partial charge in [-0.05, 0) is 42.5 Å². The summed E-state index contributed by atoms with van der Waals surface area (Å²) in [5.41, 5.74) is 0.837. The first-order valence-corrected chi connectivity index (χ1v) is 12.1. The summed E-state index contributed by atoms with van der Waals surface area (Å²) >= 11 is 3.08.